The Bertz CT molecular complexity index is 1990. The van der Waals surface area contributed by atoms with Gasteiger partial charge in [-0.1, -0.05) is 0 Å². The lowest BCUT2D eigenvalue weighted by atomic mass is 9.87. The standard InChI is InChI=1S/C38H42N4O10/c1-19-24(18-43)30-15-28-22(12-35(46)51-6)20(8-10-33(44)49-4)26(40-28)14-27-21(9-11-34(45)50-5)23(13-36(47)52-7)29(41-27)16-31-37(48)38(2,3)32(42-31)17-25(19)39-30/h14-17,42-43,48H,8-13,18H2,1-7H3. The molecule has 0 aromatic carbocycles. The van der Waals surface area contributed by atoms with Gasteiger partial charge < -0.3 is 34.5 Å². The van der Waals surface area contributed by atoms with Crippen molar-refractivity contribution in [3.05, 3.63) is 92.0 Å². The van der Waals surface area contributed by atoms with Gasteiger partial charge in [-0.15, -0.1) is 0 Å². The summed E-state index contributed by atoms with van der Waals surface area (Å²) in [7, 11) is 5.11. The maximum Gasteiger partial charge on any atom is 0.310 e. The molecule has 5 heterocycles. The summed E-state index contributed by atoms with van der Waals surface area (Å²) in [6.07, 6.45) is 6.60. The predicted octanol–water partition coefficient (Wildman–Crippen LogP) is 4.23. The van der Waals surface area contributed by atoms with Gasteiger partial charge in [0.2, 0.25) is 0 Å². The minimum Gasteiger partial charge on any atom is -0.509 e. The molecule has 0 atom stereocenters. The molecule has 0 fully saturated rings. The van der Waals surface area contributed by atoms with Gasteiger partial charge in [-0.3, -0.25) is 19.2 Å². The number of hydrogen-bond donors (Lipinski definition) is 3. The van der Waals surface area contributed by atoms with E-state index >= 15 is 0 Å². The summed E-state index contributed by atoms with van der Waals surface area (Å²) in [6, 6.07) is 0. The van der Waals surface area contributed by atoms with Crippen LogP contribution in [0.15, 0.2) is 107 Å². The maximum atomic E-state index is 12.8. The van der Waals surface area contributed by atoms with Gasteiger partial charge >= 0.3 is 23.9 Å². The zero-order chi connectivity index (χ0) is 37.9. The highest BCUT2D eigenvalue weighted by molar-refractivity contribution is 6.19. The Labute approximate surface area is 301 Å². The van der Waals surface area contributed by atoms with Crippen molar-refractivity contribution in [2.75, 3.05) is 35.0 Å². The van der Waals surface area contributed by atoms with Gasteiger partial charge in [0, 0.05) is 24.1 Å². The van der Waals surface area contributed by atoms with Crippen molar-refractivity contribution in [3.63, 3.8) is 0 Å². The van der Waals surface area contributed by atoms with E-state index in [4.69, 9.17) is 33.9 Å². The van der Waals surface area contributed by atoms with Crippen LogP contribution >= 0.6 is 0 Å². The molecular formula is C38H42N4O10. The first kappa shape index (κ1) is 37.6. The summed E-state index contributed by atoms with van der Waals surface area (Å²) in [5.41, 5.74) is 5.74. The molecule has 0 aromatic rings. The highest BCUT2D eigenvalue weighted by Gasteiger charge is 2.39. The molecule has 14 nitrogen and oxygen atoms in total. The van der Waals surface area contributed by atoms with E-state index < -0.39 is 29.3 Å². The molecule has 274 valence electrons. The number of fused-ring (bicyclic) bond motifs is 5. The van der Waals surface area contributed by atoms with E-state index in [1.807, 2.05) is 20.8 Å². The van der Waals surface area contributed by atoms with Crippen molar-refractivity contribution in [1.29, 1.82) is 0 Å². The second-order valence-electron chi connectivity index (χ2n) is 13.0. The first-order valence-electron chi connectivity index (χ1n) is 16.6. The number of nitrogens with zero attached hydrogens (tertiary/aromatic N) is 3. The van der Waals surface area contributed by atoms with Crippen LogP contribution in [0.1, 0.15) is 59.3 Å². The monoisotopic (exact) mass is 714 g/mol. The smallest absolute Gasteiger partial charge is 0.310 e. The molecule has 0 aromatic heterocycles. The highest BCUT2D eigenvalue weighted by atomic mass is 16.5. The number of aliphatic imine (C=N–C) groups is 3. The first-order valence-corrected chi connectivity index (χ1v) is 16.6. The van der Waals surface area contributed by atoms with Crippen LogP contribution in [0.25, 0.3) is 0 Å². The summed E-state index contributed by atoms with van der Waals surface area (Å²) in [4.78, 5) is 65.1. The molecule has 0 saturated heterocycles. The molecule has 0 unspecified atom stereocenters. The second kappa shape index (κ2) is 15.3. The van der Waals surface area contributed by atoms with Crippen LogP contribution in [0.4, 0.5) is 0 Å². The SMILES string of the molecule is COC(=O)CCC1=C(CC(=O)OC)C2=NC1=CC1=NC(=CC3=C(O)C(C)(C)C(=CC4=NC(=C2)C(CO)=C4C)N3)C(CC(=O)OC)=C1CCC(=O)OC. The molecule has 0 radical (unpaired) electrons. The second-order valence-corrected chi connectivity index (χ2v) is 13.0. The first-order chi connectivity index (χ1) is 24.7. The van der Waals surface area contributed by atoms with E-state index in [9.17, 15) is 29.4 Å². The molecule has 5 aliphatic rings. The summed E-state index contributed by atoms with van der Waals surface area (Å²) >= 11 is 0. The largest absolute Gasteiger partial charge is 0.509 e. The third-order valence-electron chi connectivity index (χ3n) is 9.60. The molecule has 3 N–H and O–H groups in total. The van der Waals surface area contributed by atoms with Crippen LogP contribution in [-0.4, -0.2) is 86.3 Å². The van der Waals surface area contributed by atoms with Gasteiger partial charge in [0.1, 0.15) is 5.76 Å². The maximum absolute atomic E-state index is 12.8. The van der Waals surface area contributed by atoms with Crippen molar-refractivity contribution in [2.24, 2.45) is 20.4 Å². The molecule has 5 rings (SSSR count). The number of nitrogens with one attached hydrogen (secondary N) is 1. The van der Waals surface area contributed by atoms with E-state index in [-0.39, 0.29) is 50.9 Å². The molecule has 5 aliphatic heterocycles. The van der Waals surface area contributed by atoms with Crippen molar-refractivity contribution >= 4 is 41.0 Å². The van der Waals surface area contributed by atoms with Crippen LogP contribution in [0.2, 0.25) is 0 Å². The van der Waals surface area contributed by atoms with E-state index in [0.717, 1.165) is 0 Å². The summed E-state index contributed by atoms with van der Waals surface area (Å²) in [5, 5.41) is 25.3. The lowest BCUT2D eigenvalue weighted by molar-refractivity contribution is -0.141. The normalized spacial score (nSPS) is 19.0. The van der Waals surface area contributed by atoms with Gasteiger partial charge in [0.25, 0.3) is 0 Å². The minimum atomic E-state index is -0.893. The lowest BCUT2D eigenvalue weighted by Gasteiger charge is -2.20. The molecule has 0 aliphatic carbocycles. The summed E-state index contributed by atoms with van der Waals surface area (Å²) < 4.78 is 19.9. The van der Waals surface area contributed by atoms with Crippen LogP contribution < -0.4 is 5.32 Å². The number of hydrogen-bond acceptors (Lipinski definition) is 14. The number of rotatable bonds is 11. The lowest BCUT2D eigenvalue weighted by Crippen LogP contribution is -2.19. The number of ether oxygens (including phenoxy) is 4. The predicted molar refractivity (Wildman–Crippen MR) is 191 cm³/mol. The minimum absolute atomic E-state index is 0.0228. The van der Waals surface area contributed by atoms with Gasteiger partial charge in [0.15, 0.2) is 0 Å². The number of carbonyl (C=O) groups is 4. The Morgan fingerprint density at radius 1 is 0.654 bits per heavy atom. The van der Waals surface area contributed by atoms with Crippen molar-refractivity contribution in [3.8, 4) is 0 Å². The van der Waals surface area contributed by atoms with E-state index in [1.165, 1.54) is 28.4 Å². The average molecular weight is 715 g/mol. The average Bonchev–Trinajstić information content (AvgIpc) is 3.78. The zero-order valence-corrected chi connectivity index (χ0v) is 30.3. The molecule has 14 heteroatoms. The molecular weight excluding hydrogens is 672 g/mol. The summed E-state index contributed by atoms with van der Waals surface area (Å²) in [6.45, 7) is 5.18. The Balaban J connectivity index is 1.85. The van der Waals surface area contributed by atoms with E-state index in [0.29, 0.717) is 79.1 Å². The van der Waals surface area contributed by atoms with Crippen LogP contribution in [-0.2, 0) is 38.1 Å². The molecule has 52 heavy (non-hydrogen) atoms. The third-order valence-corrected chi connectivity index (χ3v) is 9.60. The molecule has 8 bridgehead atoms. The number of methoxy groups -OCH3 is 4. The van der Waals surface area contributed by atoms with Gasteiger partial charge in [0.05, 0.1) is 93.2 Å². The van der Waals surface area contributed by atoms with Crippen molar-refractivity contribution in [1.82, 2.24) is 5.32 Å². The fraction of sp³-hybridized carbons (Fsp3) is 0.395. The number of aliphatic hydroxyl groups is 2. The van der Waals surface area contributed by atoms with Crippen molar-refractivity contribution < 1.29 is 48.3 Å². The fourth-order valence-corrected chi connectivity index (χ4v) is 6.43. The molecule has 0 spiro atoms. The summed E-state index contributed by atoms with van der Waals surface area (Å²) in [5.74, 6) is -2.02. The molecule has 0 amide bonds. The van der Waals surface area contributed by atoms with E-state index in [2.05, 4.69) is 5.32 Å². The number of esters is 4. The Hall–Kier alpha value is -5.63. The van der Waals surface area contributed by atoms with Crippen LogP contribution in [0.5, 0.6) is 0 Å². The highest BCUT2D eigenvalue weighted by Crippen LogP contribution is 2.43. The Kier molecular flexibility index (Phi) is 11.1. The Morgan fingerprint density at radius 3 is 1.69 bits per heavy atom. The number of carbonyl (C=O) groups excluding carboxylic acids is 4. The topological polar surface area (TPSA) is 195 Å². The fourth-order valence-electron chi connectivity index (χ4n) is 6.43. The van der Waals surface area contributed by atoms with Gasteiger partial charge in [-0.05, 0) is 85.8 Å². The van der Waals surface area contributed by atoms with Gasteiger partial charge in [-0.25, -0.2) is 15.0 Å². The zero-order valence-electron chi connectivity index (χ0n) is 30.3. The van der Waals surface area contributed by atoms with Gasteiger partial charge in [-0.2, -0.15) is 0 Å². The van der Waals surface area contributed by atoms with Crippen LogP contribution in [0, 0.1) is 5.41 Å². The molecule has 0 saturated carbocycles. The quantitative estimate of drug-likeness (QED) is 0.205. The third kappa shape index (κ3) is 7.38. The van der Waals surface area contributed by atoms with E-state index in [1.54, 1.807) is 24.3 Å². The number of allylic oxidation sites excluding steroid dienone is 8. The Morgan fingerprint density at radius 2 is 1.13 bits per heavy atom. The van der Waals surface area contributed by atoms with Crippen LogP contribution in [0.3, 0.4) is 0 Å². The van der Waals surface area contributed by atoms with Crippen molar-refractivity contribution in [2.45, 2.75) is 59.3 Å². The number of aliphatic hydroxyl groups excluding tert-OH is 2.